The van der Waals surface area contributed by atoms with Crippen molar-refractivity contribution >= 4 is 16.9 Å². The van der Waals surface area contributed by atoms with E-state index in [2.05, 4.69) is 9.89 Å². The van der Waals surface area contributed by atoms with Crippen LogP contribution in [0.4, 0.5) is 17.6 Å². The lowest BCUT2D eigenvalue weighted by atomic mass is 10.1. The predicted molar refractivity (Wildman–Crippen MR) is 64.1 cm³/mol. The monoisotopic (exact) mass is 319 g/mol. The van der Waals surface area contributed by atoms with E-state index in [4.69, 9.17) is 9.62 Å². The number of nitrogens with zero attached hydrogens (tertiary/aromatic N) is 1. The van der Waals surface area contributed by atoms with Crippen LogP contribution in [0.2, 0.25) is 0 Å². The van der Waals surface area contributed by atoms with Gasteiger partial charge >= 0.3 is 5.97 Å². The highest BCUT2D eigenvalue weighted by Gasteiger charge is 2.28. The summed E-state index contributed by atoms with van der Waals surface area (Å²) in [5, 5.41) is 9.86. The van der Waals surface area contributed by atoms with Gasteiger partial charge in [0.2, 0.25) is 11.6 Å². The summed E-state index contributed by atoms with van der Waals surface area (Å²) < 4.78 is 63.7. The molecule has 0 spiro atoms. The molecule has 9 heteroatoms. The van der Waals surface area contributed by atoms with E-state index in [1.807, 2.05) is 0 Å². The van der Waals surface area contributed by atoms with Crippen LogP contribution in [-0.2, 0) is 4.74 Å². The molecule has 5 nitrogen and oxygen atoms in total. The van der Waals surface area contributed by atoms with Crippen molar-refractivity contribution in [1.82, 2.24) is 0 Å². The minimum atomic E-state index is -2.12. The SMILES string of the molecule is CCOC(=O)c1c(C)oc2c(F)c(F)c(F)c(F)c2c1=NO. The number of halogens is 4. The minimum Gasteiger partial charge on any atom is -0.462 e. The molecule has 1 heterocycles. The zero-order chi connectivity index (χ0) is 16.6. The van der Waals surface area contributed by atoms with Crippen molar-refractivity contribution in [3.8, 4) is 0 Å². The van der Waals surface area contributed by atoms with E-state index in [1.165, 1.54) is 13.8 Å². The third kappa shape index (κ3) is 2.18. The van der Waals surface area contributed by atoms with Crippen LogP contribution in [0.5, 0.6) is 0 Å². The van der Waals surface area contributed by atoms with Gasteiger partial charge in [-0.2, -0.15) is 4.39 Å². The maximum Gasteiger partial charge on any atom is 0.343 e. The number of aryl methyl sites for hydroxylation is 1. The van der Waals surface area contributed by atoms with Crippen molar-refractivity contribution in [1.29, 1.82) is 0 Å². The first-order valence-corrected chi connectivity index (χ1v) is 5.99. The van der Waals surface area contributed by atoms with Gasteiger partial charge in [-0.25, -0.2) is 18.0 Å². The zero-order valence-corrected chi connectivity index (χ0v) is 11.3. The number of hydrogen-bond donors (Lipinski definition) is 1. The van der Waals surface area contributed by atoms with E-state index in [0.29, 0.717) is 0 Å². The van der Waals surface area contributed by atoms with Gasteiger partial charge in [-0.3, -0.25) is 0 Å². The van der Waals surface area contributed by atoms with Crippen molar-refractivity contribution in [2.75, 3.05) is 6.61 Å². The summed E-state index contributed by atoms with van der Waals surface area (Å²) in [5.74, 6) is -9.23. The average Bonchev–Trinajstić information content (AvgIpc) is 2.49. The zero-order valence-electron chi connectivity index (χ0n) is 11.3. The van der Waals surface area contributed by atoms with Gasteiger partial charge in [0.25, 0.3) is 0 Å². The molecular weight excluding hydrogens is 310 g/mol. The molecule has 2 rings (SSSR count). The van der Waals surface area contributed by atoms with Crippen LogP contribution < -0.4 is 5.36 Å². The van der Waals surface area contributed by atoms with Gasteiger partial charge in [0.05, 0.1) is 12.0 Å². The van der Waals surface area contributed by atoms with Crippen molar-refractivity contribution < 1.29 is 36.7 Å². The summed E-state index contributed by atoms with van der Waals surface area (Å²) >= 11 is 0. The molecule has 1 aromatic carbocycles. The number of hydrogen-bond acceptors (Lipinski definition) is 5. The van der Waals surface area contributed by atoms with Crippen LogP contribution in [0.1, 0.15) is 23.0 Å². The van der Waals surface area contributed by atoms with E-state index in [0.717, 1.165) is 0 Å². The molecule has 2 aromatic rings. The van der Waals surface area contributed by atoms with Crippen LogP contribution in [0.3, 0.4) is 0 Å². The van der Waals surface area contributed by atoms with E-state index >= 15 is 0 Å². The lowest BCUT2D eigenvalue weighted by molar-refractivity contribution is 0.0519. The summed E-state index contributed by atoms with van der Waals surface area (Å²) in [6.45, 7) is 2.59. The molecule has 0 atom stereocenters. The van der Waals surface area contributed by atoms with Crippen LogP contribution in [-0.4, -0.2) is 17.8 Å². The van der Waals surface area contributed by atoms with Gasteiger partial charge in [-0.1, -0.05) is 5.16 Å². The lowest BCUT2D eigenvalue weighted by Crippen LogP contribution is -2.22. The van der Waals surface area contributed by atoms with Crippen LogP contribution in [0.25, 0.3) is 11.0 Å². The summed E-state index contributed by atoms with van der Waals surface area (Å²) in [6, 6.07) is 0. The number of esters is 1. The molecular formula is C13H9F4NO4. The fourth-order valence-corrected chi connectivity index (χ4v) is 1.96. The summed E-state index contributed by atoms with van der Waals surface area (Å²) in [4.78, 5) is 11.8. The van der Waals surface area contributed by atoms with Crippen molar-refractivity contribution in [2.24, 2.45) is 5.16 Å². The number of benzene rings is 1. The molecule has 0 radical (unpaired) electrons. The van der Waals surface area contributed by atoms with Crippen LogP contribution in [0.15, 0.2) is 9.57 Å². The fourth-order valence-electron chi connectivity index (χ4n) is 1.96. The Kier molecular flexibility index (Phi) is 4.07. The Labute approximate surface area is 120 Å². The van der Waals surface area contributed by atoms with Gasteiger partial charge in [-0.15, -0.1) is 0 Å². The highest BCUT2D eigenvalue weighted by Crippen LogP contribution is 2.26. The smallest absolute Gasteiger partial charge is 0.343 e. The fraction of sp³-hybridized carbons (Fsp3) is 0.231. The van der Waals surface area contributed by atoms with Gasteiger partial charge in [0.15, 0.2) is 17.2 Å². The van der Waals surface area contributed by atoms with E-state index in [1.54, 1.807) is 0 Å². The highest BCUT2D eigenvalue weighted by molar-refractivity contribution is 5.94. The quantitative estimate of drug-likeness (QED) is 0.231. The third-order valence-corrected chi connectivity index (χ3v) is 2.88. The van der Waals surface area contributed by atoms with Gasteiger partial charge < -0.3 is 14.4 Å². The van der Waals surface area contributed by atoms with Crippen molar-refractivity contribution in [2.45, 2.75) is 13.8 Å². The second-order valence-electron chi connectivity index (χ2n) is 4.16. The number of fused-ring (bicyclic) bond motifs is 1. The molecule has 1 N–H and O–H groups in total. The lowest BCUT2D eigenvalue weighted by Gasteiger charge is -2.09. The molecule has 0 amide bonds. The first kappa shape index (κ1) is 15.8. The molecule has 0 aliphatic rings. The van der Waals surface area contributed by atoms with Crippen molar-refractivity contribution in [3.05, 3.63) is 39.9 Å². The van der Waals surface area contributed by atoms with Gasteiger partial charge in [0, 0.05) is 0 Å². The third-order valence-electron chi connectivity index (χ3n) is 2.88. The predicted octanol–water partition coefficient (Wildman–Crippen LogP) is 2.76. The molecule has 0 bridgehead atoms. The molecule has 1 aromatic heterocycles. The molecule has 0 saturated heterocycles. The first-order valence-electron chi connectivity index (χ1n) is 5.99. The normalized spacial score (nSPS) is 12.0. The highest BCUT2D eigenvalue weighted by atomic mass is 19.2. The molecule has 0 aliphatic carbocycles. The van der Waals surface area contributed by atoms with Crippen LogP contribution in [0, 0.1) is 30.2 Å². The Hall–Kier alpha value is -2.58. The van der Waals surface area contributed by atoms with Crippen molar-refractivity contribution in [3.63, 3.8) is 0 Å². The van der Waals surface area contributed by atoms with Gasteiger partial charge in [-0.05, 0) is 13.8 Å². The summed E-state index contributed by atoms with van der Waals surface area (Å²) in [5.41, 5.74) is -1.55. The molecule has 0 aliphatic heterocycles. The Bertz CT molecular complexity index is 845. The van der Waals surface area contributed by atoms with Gasteiger partial charge in [0.1, 0.15) is 16.7 Å². The molecule has 0 unspecified atom stereocenters. The topological polar surface area (TPSA) is 72.0 Å². The summed E-state index contributed by atoms with van der Waals surface area (Å²) in [6.07, 6.45) is 0. The van der Waals surface area contributed by atoms with E-state index < -0.39 is 51.1 Å². The number of carbonyl (C=O) groups is 1. The number of carbonyl (C=O) groups excluding carboxylic acids is 1. The average molecular weight is 319 g/mol. The molecule has 118 valence electrons. The molecule has 22 heavy (non-hydrogen) atoms. The standard InChI is InChI=1S/C13H9F4NO4/c1-3-21-13(19)5-4(2)22-12-6(11(5)18-20)7(14)8(15)9(16)10(12)17/h20H,3H2,1-2H3. The minimum absolute atomic E-state index is 0.0597. The Morgan fingerprint density at radius 3 is 2.32 bits per heavy atom. The molecule has 0 saturated carbocycles. The van der Waals surface area contributed by atoms with E-state index in [9.17, 15) is 22.4 Å². The number of ether oxygens (including phenoxy) is 1. The molecule has 0 fully saturated rings. The second kappa shape index (κ2) is 5.66. The Balaban J connectivity index is 3.06. The first-order chi connectivity index (χ1) is 10.3. The van der Waals surface area contributed by atoms with E-state index in [-0.39, 0.29) is 12.4 Å². The maximum atomic E-state index is 13.9. The second-order valence-corrected chi connectivity index (χ2v) is 4.16. The Morgan fingerprint density at radius 1 is 1.18 bits per heavy atom. The summed E-state index contributed by atoms with van der Waals surface area (Å²) in [7, 11) is 0. The number of rotatable bonds is 2. The largest absolute Gasteiger partial charge is 0.462 e. The van der Waals surface area contributed by atoms with Crippen LogP contribution >= 0.6 is 0 Å². The maximum absolute atomic E-state index is 13.9. The Morgan fingerprint density at radius 2 is 1.77 bits per heavy atom.